The van der Waals surface area contributed by atoms with Crippen molar-refractivity contribution in [1.29, 1.82) is 5.26 Å². The van der Waals surface area contributed by atoms with Crippen LogP contribution in [0.1, 0.15) is 28.8 Å². The summed E-state index contributed by atoms with van der Waals surface area (Å²) in [5.74, 6) is 1.63. The average molecular weight is 342 g/mol. The van der Waals surface area contributed by atoms with E-state index in [-0.39, 0.29) is 5.92 Å². The first-order chi connectivity index (χ1) is 12.2. The van der Waals surface area contributed by atoms with Crippen LogP contribution in [0, 0.1) is 17.2 Å². The fraction of sp³-hybridized carbons (Fsp3) is 0.500. The molecule has 3 rings (SSSR count). The number of rotatable bonds is 7. The van der Waals surface area contributed by atoms with Crippen molar-refractivity contribution >= 4 is 0 Å². The van der Waals surface area contributed by atoms with Crippen LogP contribution >= 0.6 is 0 Å². The molecule has 7 heteroatoms. The lowest BCUT2D eigenvalue weighted by molar-refractivity contribution is 0.142. The molecular weight excluding hydrogens is 320 g/mol. The molecule has 1 fully saturated rings. The summed E-state index contributed by atoms with van der Waals surface area (Å²) in [6, 6.07) is 9.90. The van der Waals surface area contributed by atoms with Crippen molar-refractivity contribution in [3.05, 3.63) is 47.1 Å². The Morgan fingerprint density at radius 1 is 1.32 bits per heavy atom. The molecule has 2 atom stereocenters. The zero-order valence-electron chi connectivity index (χ0n) is 14.5. The van der Waals surface area contributed by atoms with E-state index >= 15 is 0 Å². The zero-order valence-corrected chi connectivity index (χ0v) is 14.5. The van der Waals surface area contributed by atoms with Gasteiger partial charge in [0.1, 0.15) is 6.61 Å². The van der Waals surface area contributed by atoms with Crippen LogP contribution in [0.2, 0.25) is 0 Å². The lowest BCUT2D eigenvalue weighted by atomic mass is 9.97. The number of nitrogens with zero attached hydrogens (tertiary/aromatic N) is 4. The van der Waals surface area contributed by atoms with Crippen molar-refractivity contribution in [3.63, 3.8) is 0 Å². The Balaban J connectivity index is 1.72. The second kappa shape index (κ2) is 8.21. The monoisotopic (exact) mass is 342 g/mol. The van der Waals surface area contributed by atoms with Crippen molar-refractivity contribution in [2.75, 3.05) is 33.9 Å². The maximum Gasteiger partial charge on any atom is 0.231 e. The quantitative estimate of drug-likeness (QED) is 0.760. The minimum atomic E-state index is 0.136. The first-order valence-electron chi connectivity index (χ1n) is 8.25. The fourth-order valence-corrected chi connectivity index (χ4v) is 3.36. The van der Waals surface area contributed by atoms with Gasteiger partial charge in [0.25, 0.3) is 0 Å². The highest BCUT2D eigenvalue weighted by Crippen LogP contribution is 2.33. The lowest BCUT2D eigenvalue weighted by Crippen LogP contribution is -2.21. The third-order valence-corrected chi connectivity index (χ3v) is 4.43. The standard InChI is InChI=1S/C18H22N4O3/c1-23-11-15-9-22(8-14-5-3-4-13(6-14)7-19)10-16(15)18-20-17(12-24-2)21-25-18/h3-6,15-16H,8-12H2,1-2H3/t15-,16+/m0/s1. The number of hydrogen-bond acceptors (Lipinski definition) is 7. The summed E-state index contributed by atoms with van der Waals surface area (Å²) in [6.07, 6.45) is 0. The van der Waals surface area contributed by atoms with Crippen molar-refractivity contribution in [1.82, 2.24) is 15.0 Å². The van der Waals surface area contributed by atoms with Crippen LogP contribution in [0.3, 0.4) is 0 Å². The molecule has 1 aliphatic rings. The normalized spacial score (nSPS) is 20.7. The summed E-state index contributed by atoms with van der Waals surface area (Å²) in [5, 5.41) is 13.0. The van der Waals surface area contributed by atoms with E-state index in [0.717, 1.165) is 25.2 Å². The number of nitriles is 1. The highest BCUT2D eigenvalue weighted by molar-refractivity contribution is 5.32. The Morgan fingerprint density at radius 3 is 2.96 bits per heavy atom. The first kappa shape index (κ1) is 17.5. The van der Waals surface area contributed by atoms with Gasteiger partial charge in [-0.25, -0.2) is 0 Å². The van der Waals surface area contributed by atoms with Crippen LogP contribution < -0.4 is 0 Å². The molecule has 0 bridgehead atoms. The molecule has 1 aliphatic heterocycles. The molecule has 2 aromatic rings. The number of aromatic nitrogens is 2. The molecule has 0 radical (unpaired) electrons. The summed E-state index contributed by atoms with van der Waals surface area (Å²) in [7, 11) is 3.32. The van der Waals surface area contributed by atoms with Gasteiger partial charge in [0.2, 0.25) is 5.89 Å². The number of likely N-dealkylation sites (tertiary alicyclic amines) is 1. The van der Waals surface area contributed by atoms with Gasteiger partial charge >= 0.3 is 0 Å². The Labute approximate surface area is 147 Å². The van der Waals surface area contributed by atoms with E-state index in [1.165, 1.54) is 0 Å². The second-order valence-electron chi connectivity index (χ2n) is 6.31. The molecule has 1 aromatic carbocycles. The van der Waals surface area contributed by atoms with E-state index in [0.29, 0.717) is 36.4 Å². The Hall–Kier alpha value is -2.27. The van der Waals surface area contributed by atoms with Gasteiger partial charge in [0, 0.05) is 39.8 Å². The maximum atomic E-state index is 9.05. The molecule has 0 aliphatic carbocycles. The van der Waals surface area contributed by atoms with Crippen LogP contribution in [0.4, 0.5) is 0 Å². The van der Waals surface area contributed by atoms with Crippen LogP contribution in [0.25, 0.3) is 0 Å². The van der Waals surface area contributed by atoms with Crippen LogP contribution in [0.15, 0.2) is 28.8 Å². The lowest BCUT2D eigenvalue weighted by Gasteiger charge is -2.15. The van der Waals surface area contributed by atoms with Crippen molar-refractivity contribution in [2.45, 2.75) is 19.1 Å². The van der Waals surface area contributed by atoms with E-state index < -0.39 is 0 Å². The highest BCUT2D eigenvalue weighted by Gasteiger charge is 2.37. The highest BCUT2D eigenvalue weighted by atomic mass is 16.5. The largest absolute Gasteiger partial charge is 0.384 e. The second-order valence-corrected chi connectivity index (χ2v) is 6.31. The fourth-order valence-electron chi connectivity index (χ4n) is 3.36. The molecule has 0 spiro atoms. The molecule has 0 unspecified atom stereocenters. The summed E-state index contributed by atoms with van der Waals surface area (Å²) >= 11 is 0. The predicted molar refractivity (Wildman–Crippen MR) is 89.6 cm³/mol. The van der Waals surface area contributed by atoms with Gasteiger partial charge in [-0.3, -0.25) is 4.90 Å². The van der Waals surface area contributed by atoms with Crippen molar-refractivity contribution in [3.8, 4) is 6.07 Å². The van der Waals surface area contributed by atoms with E-state index in [9.17, 15) is 0 Å². The molecular formula is C18H22N4O3. The van der Waals surface area contributed by atoms with Crippen LogP contribution in [0.5, 0.6) is 0 Å². The van der Waals surface area contributed by atoms with E-state index in [2.05, 4.69) is 21.1 Å². The van der Waals surface area contributed by atoms with Gasteiger partial charge in [-0.2, -0.15) is 10.2 Å². The van der Waals surface area contributed by atoms with E-state index in [4.69, 9.17) is 19.3 Å². The summed E-state index contributed by atoms with van der Waals surface area (Å²) < 4.78 is 15.9. The van der Waals surface area contributed by atoms with Gasteiger partial charge < -0.3 is 14.0 Å². The van der Waals surface area contributed by atoms with E-state index in [1.54, 1.807) is 14.2 Å². The SMILES string of the molecule is COCc1noc([C@@H]2CN(Cc3cccc(C#N)c3)C[C@H]2COC)n1. The third-order valence-electron chi connectivity index (χ3n) is 4.43. The molecule has 0 N–H and O–H groups in total. The Kier molecular flexibility index (Phi) is 5.76. The van der Waals surface area contributed by atoms with Gasteiger partial charge in [0.15, 0.2) is 5.82 Å². The molecule has 0 saturated carbocycles. The van der Waals surface area contributed by atoms with E-state index in [1.807, 2.05) is 24.3 Å². The minimum absolute atomic E-state index is 0.136. The number of ether oxygens (including phenoxy) is 2. The number of hydrogen-bond donors (Lipinski definition) is 0. The van der Waals surface area contributed by atoms with Gasteiger partial charge in [-0.1, -0.05) is 17.3 Å². The summed E-state index contributed by atoms with van der Waals surface area (Å²) in [6.45, 7) is 3.47. The first-order valence-corrected chi connectivity index (χ1v) is 8.25. The smallest absolute Gasteiger partial charge is 0.231 e. The predicted octanol–water partition coefficient (Wildman–Crippen LogP) is 1.95. The van der Waals surface area contributed by atoms with Crippen LogP contribution in [-0.4, -0.2) is 49.0 Å². The van der Waals surface area contributed by atoms with Crippen LogP contribution in [-0.2, 0) is 22.6 Å². The molecule has 132 valence electrons. The van der Waals surface area contributed by atoms with Crippen molar-refractivity contribution in [2.24, 2.45) is 5.92 Å². The van der Waals surface area contributed by atoms with Gasteiger partial charge in [0.05, 0.1) is 24.2 Å². The summed E-state index contributed by atoms with van der Waals surface area (Å²) in [5.41, 5.74) is 1.81. The van der Waals surface area contributed by atoms with Crippen molar-refractivity contribution < 1.29 is 14.0 Å². The number of methoxy groups -OCH3 is 2. The average Bonchev–Trinajstić information content (AvgIpc) is 3.23. The molecule has 1 saturated heterocycles. The molecule has 7 nitrogen and oxygen atoms in total. The Bertz CT molecular complexity index is 740. The summed E-state index contributed by atoms with van der Waals surface area (Å²) in [4.78, 5) is 6.79. The molecule has 2 heterocycles. The minimum Gasteiger partial charge on any atom is -0.384 e. The maximum absolute atomic E-state index is 9.05. The topological polar surface area (TPSA) is 84.4 Å². The molecule has 1 aromatic heterocycles. The molecule has 0 amide bonds. The third kappa shape index (κ3) is 4.23. The van der Waals surface area contributed by atoms with Gasteiger partial charge in [-0.15, -0.1) is 0 Å². The Morgan fingerprint density at radius 2 is 2.20 bits per heavy atom. The van der Waals surface area contributed by atoms with Gasteiger partial charge in [-0.05, 0) is 17.7 Å². The number of benzene rings is 1. The molecule has 25 heavy (non-hydrogen) atoms. The zero-order chi connectivity index (χ0) is 17.6.